The Hall–Kier alpha value is -2.25. The molecule has 24 heavy (non-hydrogen) atoms. The minimum Gasteiger partial charge on any atom is -0.427 e. The van der Waals surface area contributed by atoms with Crippen molar-refractivity contribution in [3.05, 3.63) is 51.5 Å². The Labute approximate surface area is 147 Å². The van der Waals surface area contributed by atoms with Crippen molar-refractivity contribution < 1.29 is 14.3 Å². The third-order valence-corrected chi connectivity index (χ3v) is 4.27. The second kappa shape index (κ2) is 7.11. The molecule has 0 spiro atoms. The molecule has 2 aromatic rings. The Bertz CT molecular complexity index is 818. The lowest BCUT2D eigenvalue weighted by atomic mass is 10.1. The summed E-state index contributed by atoms with van der Waals surface area (Å²) in [5.74, 6) is -0.337. The molecule has 124 valence electrons. The van der Waals surface area contributed by atoms with Crippen molar-refractivity contribution in [2.75, 3.05) is 0 Å². The van der Waals surface area contributed by atoms with Crippen LogP contribution >= 0.6 is 23.2 Å². The van der Waals surface area contributed by atoms with Crippen LogP contribution in [0.25, 0.3) is 0 Å². The van der Waals surface area contributed by atoms with E-state index in [9.17, 15) is 9.59 Å². The maximum absolute atomic E-state index is 12.4. The molecular weight excluding hydrogens is 355 g/mol. The van der Waals surface area contributed by atoms with Crippen molar-refractivity contribution in [3.8, 4) is 0 Å². The maximum Gasteiger partial charge on any atom is 0.344 e. The van der Waals surface area contributed by atoms with E-state index in [1.165, 1.54) is 23.3 Å². The van der Waals surface area contributed by atoms with E-state index in [0.717, 1.165) is 0 Å². The summed E-state index contributed by atoms with van der Waals surface area (Å²) >= 11 is 12.5. The Morgan fingerprint density at radius 1 is 1.29 bits per heavy atom. The number of ether oxygens (including phenoxy) is 1. The summed E-state index contributed by atoms with van der Waals surface area (Å²) in [6.45, 7) is 0.167. The minimum absolute atomic E-state index is 0.0517. The van der Waals surface area contributed by atoms with Crippen LogP contribution in [0.2, 0.25) is 10.0 Å². The summed E-state index contributed by atoms with van der Waals surface area (Å²) in [5.41, 5.74) is 0.648. The van der Waals surface area contributed by atoms with Gasteiger partial charge in [-0.15, -0.1) is 10.2 Å². The Morgan fingerprint density at radius 2 is 2.12 bits per heavy atom. The number of aromatic nitrogens is 4. The molecule has 1 heterocycles. The predicted molar refractivity (Wildman–Crippen MR) is 85.7 cm³/mol. The number of carbonyl (C=O) groups is 2. The summed E-state index contributed by atoms with van der Waals surface area (Å²) in [7, 11) is 0. The number of ketones is 1. The van der Waals surface area contributed by atoms with Crippen LogP contribution in [-0.4, -0.2) is 32.0 Å². The molecule has 0 fully saturated rings. The first-order valence-corrected chi connectivity index (χ1v) is 7.93. The number of esters is 1. The summed E-state index contributed by atoms with van der Waals surface area (Å²) in [6.07, 6.45) is 4.31. The van der Waals surface area contributed by atoms with Gasteiger partial charge >= 0.3 is 5.97 Å². The van der Waals surface area contributed by atoms with Gasteiger partial charge in [-0.05, 0) is 23.8 Å². The molecular formula is C15H12Cl2N4O3. The normalized spacial score (nSPS) is 14.4. The van der Waals surface area contributed by atoms with Gasteiger partial charge in [-0.2, -0.15) is 4.80 Å². The zero-order valence-corrected chi connectivity index (χ0v) is 13.9. The van der Waals surface area contributed by atoms with Gasteiger partial charge in [-0.3, -0.25) is 4.79 Å². The molecule has 0 bridgehead atoms. The molecule has 1 aliphatic rings. The molecule has 0 radical (unpaired) electrons. The quantitative estimate of drug-likeness (QED) is 0.773. The van der Waals surface area contributed by atoms with Gasteiger partial charge in [0, 0.05) is 29.5 Å². The van der Waals surface area contributed by atoms with E-state index in [1.807, 2.05) is 0 Å². The third kappa shape index (κ3) is 3.63. The number of halogens is 2. The van der Waals surface area contributed by atoms with Crippen LogP contribution in [0.3, 0.4) is 0 Å². The van der Waals surface area contributed by atoms with E-state index in [-0.39, 0.29) is 22.9 Å². The molecule has 0 unspecified atom stereocenters. The van der Waals surface area contributed by atoms with Crippen LogP contribution in [0.5, 0.6) is 0 Å². The second-order valence-corrected chi connectivity index (χ2v) is 5.96. The molecule has 0 amide bonds. The van der Waals surface area contributed by atoms with E-state index in [2.05, 4.69) is 15.4 Å². The fourth-order valence-electron chi connectivity index (χ4n) is 2.32. The first-order chi connectivity index (χ1) is 11.5. The van der Waals surface area contributed by atoms with Gasteiger partial charge in [0.2, 0.25) is 0 Å². The topological polar surface area (TPSA) is 87.0 Å². The molecule has 1 aromatic heterocycles. The van der Waals surface area contributed by atoms with E-state index in [0.29, 0.717) is 35.6 Å². The van der Waals surface area contributed by atoms with Gasteiger partial charge in [0.15, 0.2) is 12.1 Å². The number of hydrogen-bond acceptors (Lipinski definition) is 6. The average Bonchev–Trinajstić information content (AvgIpc) is 3.04. The molecule has 1 aromatic carbocycles. The van der Waals surface area contributed by atoms with Gasteiger partial charge < -0.3 is 4.74 Å². The summed E-state index contributed by atoms with van der Waals surface area (Å²) < 4.78 is 5.28. The first kappa shape index (κ1) is 16.6. The van der Waals surface area contributed by atoms with Gasteiger partial charge in [0.1, 0.15) is 5.76 Å². The van der Waals surface area contributed by atoms with Crippen LogP contribution < -0.4 is 0 Å². The standard InChI is InChI=1S/C15H12Cl2N4O3/c16-13-5-4-11(14(17)12(13)7-21-19-8-18-20-21)15(23)24-10-3-1-2-9(22)6-10/h4-6,8H,1-3,7H2. The molecule has 7 nitrogen and oxygen atoms in total. The number of hydrogen-bond donors (Lipinski definition) is 0. The van der Waals surface area contributed by atoms with Crippen molar-refractivity contribution in [1.82, 2.24) is 20.2 Å². The van der Waals surface area contributed by atoms with Crippen molar-refractivity contribution >= 4 is 35.0 Å². The van der Waals surface area contributed by atoms with Crippen molar-refractivity contribution in [1.29, 1.82) is 0 Å². The Morgan fingerprint density at radius 3 is 2.83 bits per heavy atom. The largest absolute Gasteiger partial charge is 0.427 e. The van der Waals surface area contributed by atoms with Crippen LogP contribution in [-0.2, 0) is 16.1 Å². The van der Waals surface area contributed by atoms with Gasteiger partial charge in [0.25, 0.3) is 0 Å². The number of rotatable bonds is 4. The Kier molecular flexibility index (Phi) is 4.92. The third-order valence-electron chi connectivity index (χ3n) is 3.49. The zero-order chi connectivity index (χ0) is 17.1. The average molecular weight is 367 g/mol. The second-order valence-electron chi connectivity index (χ2n) is 5.17. The van der Waals surface area contributed by atoms with E-state index in [1.54, 1.807) is 6.07 Å². The monoisotopic (exact) mass is 366 g/mol. The fourth-order valence-corrected chi connectivity index (χ4v) is 2.89. The number of nitrogens with zero attached hydrogens (tertiary/aromatic N) is 4. The highest BCUT2D eigenvalue weighted by atomic mass is 35.5. The molecule has 0 aliphatic heterocycles. The van der Waals surface area contributed by atoms with Gasteiger partial charge in [-0.1, -0.05) is 23.2 Å². The van der Waals surface area contributed by atoms with Crippen molar-refractivity contribution in [2.45, 2.75) is 25.8 Å². The number of carbonyl (C=O) groups excluding carboxylic acids is 2. The van der Waals surface area contributed by atoms with Gasteiger partial charge in [0.05, 0.1) is 17.1 Å². The summed E-state index contributed by atoms with van der Waals surface area (Å²) in [5, 5.41) is 11.8. The minimum atomic E-state index is -0.634. The lowest BCUT2D eigenvalue weighted by molar-refractivity contribution is -0.115. The molecule has 3 rings (SSSR count). The smallest absolute Gasteiger partial charge is 0.344 e. The zero-order valence-electron chi connectivity index (χ0n) is 12.4. The number of tetrazole rings is 1. The number of benzene rings is 1. The molecule has 1 aliphatic carbocycles. The van der Waals surface area contributed by atoms with E-state index >= 15 is 0 Å². The Balaban J connectivity index is 1.85. The van der Waals surface area contributed by atoms with E-state index in [4.69, 9.17) is 27.9 Å². The lowest BCUT2D eigenvalue weighted by Crippen LogP contribution is -2.12. The maximum atomic E-state index is 12.4. The highest BCUT2D eigenvalue weighted by Gasteiger charge is 2.21. The van der Waals surface area contributed by atoms with Crippen LogP contribution in [0, 0.1) is 0 Å². The lowest BCUT2D eigenvalue weighted by Gasteiger charge is -2.14. The molecule has 9 heteroatoms. The van der Waals surface area contributed by atoms with Crippen LogP contribution in [0.15, 0.2) is 30.3 Å². The predicted octanol–water partition coefficient (Wildman–Crippen LogP) is 2.82. The van der Waals surface area contributed by atoms with Crippen LogP contribution in [0.4, 0.5) is 0 Å². The molecule has 0 saturated heterocycles. The summed E-state index contributed by atoms with van der Waals surface area (Å²) in [4.78, 5) is 25.1. The molecule has 0 N–H and O–H groups in total. The van der Waals surface area contributed by atoms with E-state index < -0.39 is 5.97 Å². The highest BCUT2D eigenvalue weighted by Crippen LogP contribution is 2.30. The molecule has 0 atom stereocenters. The van der Waals surface area contributed by atoms with Gasteiger partial charge in [-0.25, -0.2) is 4.79 Å². The highest BCUT2D eigenvalue weighted by molar-refractivity contribution is 6.38. The first-order valence-electron chi connectivity index (χ1n) is 7.18. The summed E-state index contributed by atoms with van der Waals surface area (Å²) in [6, 6.07) is 3.03. The SMILES string of the molecule is O=C1C=C(OC(=O)c2ccc(Cl)c(Cn3ncnn3)c2Cl)CCC1. The fraction of sp³-hybridized carbons (Fsp3) is 0.267. The van der Waals surface area contributed by atoms with Crippen molar-refractivity contribution in [2.24, 2.45) is 0 Å². The number of allylic oxidation sites excluding steroid dienone is 2. The molecule has 0 saturated carbocycles. The van der Waals surface area contributed by atoms with Crippen LogP contribution in [0.1, 0.15) is 35.2 Å². The van der Waals surface area contributed by atoms with Crippen molar-refractivity contribution in [3.63, 3.8) is 0 Å².